The first-order valence-corrected chi connectivity index (χ1v) is 4.91. The zero-order valence-electron chi connectivity index (χ0n) is 8.14. The van der Waals surface area contributed by atoms with E-state index in [9.17, 15) is 13.2 Å². The lowest BCUT2D eigenvalue weighted by Crippen LogP contribution is -2.62. The van der Waals surface area contributed by atoms with Crippen molar-refractivity contribution >= 4 is 0 Å². The smallest absolute Gasteiger partial charge is 0.318 e. The van der Waals surface area contributed by atoms with E-state index in [0.717, 1.165) is 12.8 Å². The summed E-state index contributed by atoms with van der Waals surface area (Å²) in [5.74, 6) is 0. The molecule has 2 aliphatic rings. The minimum Gasteiger partial charge on any atom is -0.318 e. The van der Waals surface area contributed by atoms with Crippen molar-refractivity contribution in [2.24, 2.45) is 5.73 Å². The lowest BCUT2D eigenvalue weighted by molar-refractivity contribution is -0.202. The van der Waals surface area contributed by atoms with E-state index < -0.39 is 11.7 Å². The van der Waals surface area contributed by atoms with Gasteiger partial charge in [-0.3, -0.25) is 0 Å². The summed E-state index contributed by atoms with van der Waals surface area (Å²) in [7, 11) is 1.90. The Morgan fingerprint density at radius 1 is 1.21 bits per heavy atom. The molecule has 0 spiro atoms. The molecule has 2 aliphatic heterocycles. The molecule has 0 saturated carbocycles. The normalized spacial score (nSPS) is 44.4. The van der Waals surface area contributed by atoms with Gasteiger partial charge in [-0.2, -0.15) is 13.2 Å². The van der Waals surface area contributed by atoms with Gasteiger partial charge in [0.05, 0.1) is 0 Å². The van der Waals surface area contributed by atoms with Gasteiger partial charge in [0.25, 0.3) is 0 Å². The SMILES string of the molecule is CN1[C@@H]2CC[C@@H]1CC(N)(C(F)(F)F)C2. The molecule has 14 heavy (non-hydrogen) atoms. The van der Waals surface area contributed by atoms with Crippen LogP contribution >= 0.6 is 0 Å². The van der Waals surface area contributed by atoms with Gasteiger partial charge in [-0.15, -0.1) is 0 Å². The summed E-state index contributed by atoms with van der Waals surface area (Å²) in [5, 5.41) is 0. The van der Waals surface area contributed by atoms with Gasteiger partial charge in [-0.05, 0) is 32.7 Å². The van der Waals surface area contributed by atoms with Crippen LogP contribution in [0.15, 0.2) is 0 Å². The fraction of sp³-hybridized carbons (Fsp3) is 1.00. The Balaban J connectivity index is 2.20. The van der Waals surface area contributed by atoms with Gasteiger partial charge in [0.15, 0.2) is 0 Å². The molecule has 0 amide bonds. The van der Waals surface area contributed by atoms with Crippen LogP contribution in [0.5, 0.6) is 0 Å². The maximum Gasteiger partial charge on any atom is 0.406 e. The zero-order chi connectivity index (χ0) is 10.6. The van der Waals surface area contributed by atoms with Crippen LogP contribution in [0.2, 0.25) is 0 Å². The summed E-state index contributed by atoms with van der Waals surface area (Å²) in [4.78, 5) is 2.05. The summed E-state index contributed by atoms with van der Waals surface area (Å²) < 4.78 is 38.1. The first-order valence-electron chi connectivity index (χ1n) is 4.91. The van der Waals surface area contributed by atoms with Crippen LogP contribution in [-0.4, -0.2) is 35.7 Å². The topological polar surface area (TPSA) is 29.3 Å². The Morgan fingerprint density at radius 3 is 2.00 bits per heavy atom. The van der Waals surface area contributed by atoms with E-state index in [1.807, 2.05) is 7.05 Å². The number of hydrogen-bond acceptors (Lipinski definition) is 2. The quantitative estimate of drug-likeness (QED) is 0.653. The number of nitrogens with two attached hydrogens (primary N) is 1. The van der Waals surface area contributed by atoms with E-state index in [4.69, 9.17) is 5.73 Å². The Labute approximate surface area is 81.2 Å². The molecule has 2 atom stereocenters. The van der Waals surface area contributed by atoms with Crippen LogP contribution in [0.3, 0.4) is 0 Å². The molecule has 2 nitrogen and oxygen atoms in total. The van der Waals surface area contributed by atoms with Gasteiger partial charge in [-0.1, -0.05) is 0 Å². The fourth-order valence-electron chi connectivity index (χ4n) is 2.74. The second-order valence-electron chi connectivity index (χ2n) is 4.61. The van der Waals surface area contributed by atoms with Crippen molar-refractivity contribution < 1.29 is 13.2 Å². The predicted octanol–water partition coefficient (Wildman–Crippen LogP) is 1.50. The average Bonchev–Trinajstić information content (AvgIpc) is 2.32. The number of hydrogen-bond donors (Lipinski definition) is 1. The predicted molar refractivity (Wildman–Crippen MR) is 46.8 cm³/mol. The highest BCUT2D eigenvalue weighted by atomic mass is 19.4. The number of alkyl halides is 3. The molecule has 2 N–H and O–H groups in total. The molecule has 0 unspecified atom stereocenters. The molecule has 2 bridgehead atoms. The van der Waals surface area contributed by atoms with Gasteiger partial charge < -0.3 is 10.6 Å². The van der Waals surface area contributed by atoms with Gasteiger partial charge in [-0.25, -0.2) is 0 Å². The minimum atomic E-state index is -4.25. The molecule has 0 aromatic heterocycles. The highest BCUT2D eigenvalue weighted by molar-refractivity contribution is 5.06. The third kappa shape index (κ3) is 1.34. The molecular weight excluding hydrogens is 193 g/mol. The Bertz CT molecular complexity index is 225. The summed E-state index contributed by atoms with van der Waals surface area (Å²) in [6, 6.07) is 0.0562. The minimum absolute atomic E-state index is 0.0281. The van der Waals surface area contributed by atoms with Crippen LogP contribution in [-0.2, 0) is 0 Å². The Hall–Kier alpha value is -0.290. The van der Waals surface area contributed by atoms with E-state index in [1.54, 1.807) is 0 Å². The third-order valence-electron chi connectivity index (χ3n) is 3.75. The van der Waals surface area contributed by atoms with Crippen LogP contribution in [0.25, 0.3) is 0 Å². The maximum atomic E-state index is 12.7. The standard InChI is InChI=1S/C9H15F3N2/c1-14-6-2-3-7(14)5-8(13,4-6)9(10,11)12/h6-7H,2-5,13H2,1H3/t6-,7-/m1/s1. The van der Waals surface area contributed by atoms with Crippen molar-refractivity contribution in [2.75, 3.05) is 7.05 Å². The first-order chi connectivity index (χ1) is 6.33. The van der Waals surface area contributed by atoms with Crippen molar-refractivity contribution in [3.05, 3.63) is 0 Å². The van der Waals surface area contributed by atoms with Crippen molar-refractivity contribution in [3.63, 3.8) is 0 Å². The number of halogens is 3. The molecular formula is C9H15F3N2. The van der Waals surface area contributed by atoms with E-state index in [0.29, 0.717) is 0 Å². The molecule has 82 valence electrons. The summed E-state index contributed by atoms with van der Waals surface area (Å²) in [5.41, 5.74) is 3.53. The number of rotatable bonds is 0. The Morgan fingerprint density at radius 2 is 1.64 bits per heavy atom. The number of fused-ring (bicyclic) bond motifs is 2. The molecule has 5 heteroatoms. The molecule has 2 rings (SSSR count). The van der Waals surface area contributed by atoms with Gasteiger partial charge in [0.1, 0.15) is 5.54 Å². The van der Waals surface area contributed by atoms with E-state index in [1.165, 1.54) is 0 Å². The largest absolute Gasteiger partial charge is 0.406 e. The molecule has 0 aliphatic carbocycles. The van der Waals surface area contributed by atoms with Gasteiger partial charge >= 0.3 is 6.18 Å². The van der Waals surface area contributed by atoms with Crippen LogP contribution in [0.4, 0.5) is 13.2 Å². The van der Waals surface area contributed by atoms with Crippen LogP contribution in [0.1, 0.15) is 25.7 Å². The monoisotopic (exact) mass is 208 g/mol. The summed E-state index contributed by atoms with van der Waals surface area (Å²) in [6.07, 6.45) is -2.42. The molecule has 0 radical (unpaired) electrons. The van der Waals surface area contributed by atoms with Gasteiger partial charge in [0.2, 0.25) is 0 Å². The zero-order valence-corrected chi connectivity index (χ0v) is 8.14. The highest BCUT2D eigenvalue weighted by Gasteiger charge is 2.58. The Kier molecular flexibility index (Phi) is 2.09. The van der Waals surface area contributed by atoms with E-state index >= 15 is 0 Å². The van der Waals surface area contributed by atoms with Crippen LogP contribution < -0.4 is 5.73 Å². The van der Waals surface area contributed by atoms with Crippen LogP contribution in [0, 0.1) is 0 Å². The summed E-state index contributed by atoms with van der Waals surface area (Å²) >= 11 is 0. The fourth-order valence-corrected chi connectivity index (χ4v) is 2.74. The molecule has 0 aromatic rings. The average molecular weight is 208 g/mol. The van der Waals surface area contributed by atoms with Crippen molar-refractivity contribution in [2.45, 2.75) is 49.5 Å². The lowest BCUT2D eigenvalue weighted by atomic mass is 9.83. The first kappa shape index (κ1) is 10.2. The number of nitrogens with zero attached hydrogens (tertiary/aromatic N) is 1. The molecule has 2 saturated heterocycles. The highest BCUT2D eigenvalue weighted by Crippen LogP contribution is 2.45. The number of piperidine rings is 1. The second kappa shape index (κ2) is 2.85. The second-order valence-corrected chi connectivity index (χ2v) is 4.61. The third-order valence-corrected chi connectivity index (χ3v) is 3.75. The van der Waals surface area contributed by atoms with Gasteiger partial charge in [0, 0.05) is 12.1 Å². The maximum absolute atomic E-state index is 12.7. The molecule has 2 heterocycles. The lowest BCUT2D eigenvalue weighted by Gasteiger charge is -2.43. The molecule has 0 aromatic carbocycles. The molecule has 2 fully saturated rings. The van der Waals surface area contributed by atoms with Crippen molar-refractivity contribution in [1.82, 2.24) is 4.90 Å². The van der Waals surface area contributed by atoms with E-state index in [-0.39, 0.29) is 24.9 Å². The van der Waals surface area contributed by atoms with Crippen molar-refractivity contribution in [1.29, 1.82) is 0 Å². The van der Waals surface area contributed by atoms with Crippen molar-refractivity contribution in [3.8, 4) is 0 Å². The summed E-state index contributed by atoms with van der Waals surface area (Å²) in [6.45, 7) is 0. The van der Waals surface area contributed by atoms with E-state index in [2.05, 4.69) is 4.90 Å².